The Balaban J connectivity index is 1.52. The monoisotopic (exact) mass is 337 g/mol. The van der Waals surface area contributed by atoms with Crippen LogP contribution in [0, 0.1) is 0 Å². The largest absolute Gasteiger partial charge is 0.372 e. The van der Waals surface area contributed by atoms with E-state index in [9.17, 15) is 0 Å². The molecular formula is C17H24BrNO. The molecule has 0 radical (unpaired) electrons. The summed E-state index contributed by atoms with van der Waals surface area (Å²) in [5.74, 6) is 0. The zero-order valence-electron chi connectivity index (χ0n) is 12.0. The maximum absolute atomic E-state index is 6.36. The van der Waals surface area contributed by atoms with E-state index in [-0.39, 0.29) is 11.6 Å². The minimum atomic E-state index is 0.190. The molecule has 2 nitrogen and oxygen atoms in total. The molecule has 2 fully saturated rings. The molecule has 2 N–H and O–H groups in total. The summed E-state index contributed by atoms with van der Waals surface area (Å²) in [6, 6.07) is 8.55. The number of rotatable bonds is 4. The number of hydrogen-bond acceptors (Lipinski definition) is 2. The van der Waals surface area contributed by atoms with Gasteiger partial charge in [0.25, 0.3) is 0 Å². The Kier molecular flexibility index (Phi) is 4.49. The molecule has 1 aliphatic carbocycles. The van der Waals surface area contributed by atoms with Gasteiger partial charge in [-0.3, -0.25) is 0 Å². The molecule has 1 heterocycles. The first-order valence-electron chi connectivity index (χ1n) is 7.84. The maximum atomic E-state index is 6.36. The lowest BCUT2D eigenvalue weighted by Crippen LogP contribution is -2.31. The summed E-state index contributed by atoms with van der Waals surface area (Å²) in [6.07, 6.45) is 9.96. The molecule has 1 aromatic rings. The molecule has 20 heavy (non-hydrogen) atoms. The molecule has 2 unspecified atom stereocenters. The highest BCUT2D eigenvalue weighted by atomic mass is 79.9. The number of ether oxygens (including phenoxy) is 1. The minimum Gasteiger partial charge on any atom is -0.372 e. The molecular weight excluding hydrogens is 314 g/mol. The van der Waals surface area contributed by atoms with Crippen LogP contribution in [0.25, 0.3) is 0 Å². The van der Waals surface area contributed by atoms with Crippen molar-refractivity contribution in [2.45, 2.75) is 69.1 Å². The standard InChI is InChI=1S/C17H24BrNO/c18-16-6-2-1-5-13(16)11-14(19)12-15-7-10-17(20-15)8-3-4-9-17/h1-2,5-6,14-15H,3-4,7-12,19H2. The van der Waals surface area contributed by atoms with Crippen molar-refractivity contribution < 1.29 is 4.74 Å². The average Bonchev–Trinajstić information content (AvgIpc) is 3.03. The van der Waals surface area contributed by atoms with Crippen molar-refractivity contribution in [2.75, 3.05) is 0 Å². The first-order chi connectivity index (χ1) is 9.67. The van der Waals surface area contributed by atoms with Gasteiger partial charge in [-0.1, -0.05) is 47.0 Å². The van der Waals surface area contributed by atoms with Crippen molar-refractivity contribution in [3.8, 4) is 0 Å². The van der Waals surface area contributed by atoms with Crippen LogP contribution in [-0.2, 0) is 11.2 Å². The molecule has 2 atom stereocenters. The lowest BCUT2D eigenvalue weighted by Gasteiger charge is -2.25. The second-order valence-corrected chi connectivity index (χ2v) is 7.31. The van der Waals surface area contributed by atoms with Gasteiger partial charge in [0, 0.05) is 10.5 Å². The molecule has 110 valence electrons. The number of benzene rings is 1. The zero-order valence-corrected chi connectivity index (χ0v) is 13.6. The van der Waals surface area contributed by atoms with Gasteiger partial charge in [0.15, 0.2) is 0 Å². The smallest absolute Gasteiger partial charge is 0.0687 e. The van der Waals surface area contributed by atoms with Gasteiger partial charge in [-0.15, -0.1) is 0 Å². The van der Waals surface area contributed by atoms with Gasteiger partial charge >= 0.3 is 0 Å². The van der Waals surface area contributed by atoms with Crippen LogP contribution in [0.2, 0.25) is 0 Å². The van der Waals surface area contributed by atoms with Crippen LogP contribution in [0.1, 0.15) is 50.5 Å². The van der Waals surface area contributed by atoms with E-state index in [1.165, 1.54) is 44.1 Å². The summed E-state index contributed by atoms with van der Waals surface area (Å²) in [6.45, 7) is 0. The fraction of sp³-hybridized carbons (Fsp3) is 0.647. The van der Waals surface area contributed by atoms with Crippen molar-refractivity contribution in [3.63, 3.8) is 0 Å². The van der Waals surface area contributed by atoms with Gasteiger partial charge in [0.2, 0.25) is 0 Å². The number of hydrogen-bond donors (Lipinski definition) is 1. The predicted octanol–water partition coefficient (Wildman–Crippen LogP) is 4.20. The minimum absolute atomic E-state index is 0.190. The van der Waals surface area contributed by atoms with Gasteiger partial charge < -0.3 is 10.5 Å². The van der Waals surface area contributed by atoms with E-state index in [1.807, 2.05) is 6.07 Å². The Labute approximate surface area is 130 Å². The topological polar surface area (TPSA) is 35.2 Å². The molecule has 3 rings (SSSR count). The molecule has 3 heteroatoms. The Bertz CT molecular complexity index is 456. The van der Waals surface area contributed by atoms with Gasteiger partial charge in [-0.05, 0) is 50.2 Å². The summed E-state index contributed by atoms with van der Waals surface area (Å²) >= 11 is 3.60. The van der Waals surface area contributed by atoms with E-state index in [0.29, 0.717) is 6.10 Å². The lowest BCUT2D eigenvalue weighted by molar-refractivity contribution is -0.0407. The average molecular weight is 338 g/mol. The van der Waals surface area contributed by atoms with Crippen molar-refractivity contribution >= 4 is 15.9 Å². The van der Waals surface area contributed by atoms with Gasteiger partial charge in [-0.25, -0.2) is 0 Å². The van der Waals surface area contributed by atoms with E-state index in [1.54, 1.807) is 0 Å². The Hall–Kier alpha value is -0.380. The molecule has 0 amide bonds. The molecule has 0 bridgehead atoms. The Morgan fingerprint density at radius 3 is 2.75 bits per heavy atom. The first kappa shape index (κ1) is 14.6. The first-order valence-corrected chi connectivity index (χ1v) is 8.63. The summed E-state index contributed by atoms with van der Waals surface area (Å²) in [4.78, 5) is 0. The van der Waals surface area contributed by atoms with Crippen molar-refractivity contribution in [1.82, 2.24) is 0 Å². The molecule has 2 aliphatic rings. The van der Waals surface area contributed by atoms with Gasteiger partial charge in [0.1, 0.15) is 0 Å². The lowest BCUT2D eigenvalue weighted by atomic mass is 9.96. The van der Waals surface area contributed by atoms with Crippen LogP contribution in [0.5, 0.6) is 0 Å². The van der Waals surface area contributed by atoms with Crippen LogP contribution in [-0.4, -0.2) is 17.7 Å². The molecule has 1 aromatic carbocycles. The van der Waals surface area contributed by atoms with E-state index < -0.39 is 0 Å². The van der Waals surface area contributed by atoms with E-state index in [2.05, 4.69) is 34.1 Å². The third-order valence-electron chi connectivity index (χ3n) is 4.86. The van der Waals surface area contributed by atoms with Crippen LogP contribution in [0.3, 0.4) is 0 Å². The number of nitrogens with two attached hydrogens (primary N) is 1. The SMILES string of the molecule is NC(Cc1ccccc1Br)CC1CCC2(CCCC2)O1. The summed E-state index contributed by atoms with van der Waals surface area (Å²) in [5, 5.41) is 0. The normalized spacial score (nSPS) is 26.2. The van der Waals surface area contributed by atoms with Crippen molar-refractivity contribution in [1.29, 1.82) is 0 Å². The molecule has 1 spiro atoms. The van der Waals surface area contributed by atoms with Crippen molar-refractivity contribution in [2.24, 2.45) is 5.73 Å². The molecule has 0 aromatic heterocycles. The fourth-order valence-corrected chi connectivity index (χ4v) is 4.26. The summed E-state index contributed by atoms with van der Waals surface area (Å²) < 4.78 is 7.52. The molecule has 1 aliphatic heterocycles. The third-order valence-corrected chi connectivity index (χ3v) is 5.63. The maximum Gasteiger partial charge on any atom is 0.0687 e. The van der Waals surface area contributed by atoms with E-state index in [0.717, 1.165) is 17.3 Å². The highest BCUT2D eigenvalue weighted by Gasteiger charge is 2.42. The van der Waals surface area contributed by atoms with Gasteiger partial charge in [-0.2, -0.15) is 0 Å². The quantitative estimate of drug-likeness (QED) is 0.893. The Morgan fingerprint density at radius 1 is 1.25 bits per heavy atom. The van der Waals surface area contributed by atoms with Crippen LogP contribution in [0.4, 0.5) is 0 Å². The highest BCUT2D eigenvalue weighted by Crippen LogP contribution is 2.44. The summed E-state index contributed by atoms with van der Waals surface area (Å²) in [5.41, 5.74) is 7.87. The highest BCUT2D eigenvalue weighted by molar-refractivity contribution is 9.10. The Morgan fingerprint density at radius 2 is 2.00 bits per heavy atom. The second kappa shape index (κ2) is 6.17. The van der Waals surface area contributed by atoms with Crippen LogP contribution in [0.15, 0.2) is 28.7 Å². The molecule has 1 saturated heterocycles. The fourth-order valence-electron chi connectivity index (χ4n) is 3.82. The summed E-state index contributed by atoms with van der Waals surface area (Å²) in [7, 11) is 0. The van der Waals surface area contributed by atoms with E-state index in [4.69, 9.17) is 10.5 Å². The second-order valence-electron chi connectivity index (χ2n) is 6.46. The van der Waals surface area contributed by atoms with Gasteiger partial charge in [0.05, 0.1) is 11.7 Å². The van der Waals surface area contributed by atoms with Crippen LogP contribution < -0.4 is 5.73 Å². The predicted molar refractivity (Wildman–Crippen MR) is 85.7 cm³/mol. The van der Waals surface area contributed by atoms with E-state index >= 15 is 0 Å². The number of halogens is 1. The third kappa shape index (κ3) is 3.26. The zero-order chi connectivity index (χ0) is 14.0. The van der Waals surface area contributed by atoms with Crippen molar-refractivity contribution in [3.05, 3.63) is 34.3 Å². The molecule has 1 saturated carbocycles. The van der Waals surface area contributed by atoms with Crippen LogP contribution >= 0.6 is 15.9 Å².